The van der Waals surface area contributed by atoms with Gasteiger partial charge in [-0.2, -0.15) is 0 Å². The third-order valence-electron chi connectivity index (χ3n) is 2.74. The summed E-state index contributed by atoms with van der Waals surface area (Å²) in [6.45, 7) is 3.70. The standard InChI is InChI=1S/C15H15FO2/c1-10-3-5-14(11(2)7-10)18-15-6-4-13(16)8-12(15)9-17/h3-8,17H,9H2,1-2H3. The summed E-state index contributed by atoms with van der Waals surface area (Å²) in [7, 11) is 0. The first kappa shape index (κ1) is 12.6. The van der Waals surface area contributed by atoms with Gasteiger partial charge in [0.25, 0.3) is 0 Å². The van der Waals surface area contributed by atoms with Gasteiger partial charge in [-0.1, -0.05) is 17.7 Å². The van der Waals surface area contributed by atoms with E-state index in [1.165, 1.54) is 18.2 Å². The van der Waals surface area contributed by atoms with Crippen molar-refractivity contribution in [1.29, 1.82) is 0 Å². The first-order chi connectivity index (χ1) is 8.60. The molecule has 94 valence electrons. The smallest absolute Gasteiger partial charge is 0.133 e. The van der Waals surface area contributed by atoms with Gasteiger partial charge in [-0.3, -0.25) is 0 Å². The van der Waals surface area contributed by atoms with E-state index in [1.807, 2.05) is 32.0 Å². The van der Waals surface area contributed by atoms with Crippen molar-refractivity contribution in [1.82, 2.24) is 0 Å². The Labute approximate surface area is 106 Å². The maximum absolute atomic E-state index is 13.0. The van der Waals surface area contributed by atoms with E-state index in [-0.39, 0.29) is 12.4 Å². The van der Waals surface area contributed by atoms with Gasteiger partial charge >= 0.3 is 0 Å². The van der Waals surface area contributed by atoms with Crippen LogP contribution < -0.4 is 4.74 Å². The zero-order valence-corrected chi connectivity index (χ0v) is 10.4. The molecule has 0 bridgehead atoms. The molecule has 1 N–H and O–H groups in total. The lowest BCUT2D eigenvalue weighted by Gasteiger charge is -2.12. The van der Waals surface area contributed by atoms with Crippen LogP contribution in [0.3, 0.4) is 0 Å². The average molecular weight is 246 g/mol. The van der Waals surface area contributed by atoms with Gasteiger partial charge in [-0.25, -0.2) is 4.39 Å². The van der Waals surface area contributed by atoms with E-state index in [2.05, 4.69) is 0 Å². The Morgan fingerprint density at radius 2 is 1.78 bits per heavy atom. The number of hydrogen-bond acceptors (Lipinski definition) is 2. The molecule has 0 saturated heterocycles. The molecule has 18 heavy (non-hydrogen) atoms. The SMILES string of the molecule is Cc1ccc(Oc2ccc(F)cc2CO)c(C)c1. The molecule has 0 radical (unpaired) electrons. The van der Waals surface area contributed by atoms with Crippen LogP contribution in [0.5, 0.6) is 11.5 Å². The minimum atomic E-state index is -0.382. The van der Waals surface area contributed by atoms with Gasteiger partial charge in [0.2, 0.25) is 0 Å². The van der Waals surface area contributed by atoms with Crippen LogP contribution in [0.2, 0.25) is 0 Å². The van der Waals surface area contributed by atoms with Crippen LogP contribution >= 0.6 is 0 Å². The van der Waals surface area contributed by atoms with E-state index in [1.54, 1.807) is 0 Å². The molecule has 0 heterocycles. The zero-order chi connectivity index (χ0) is 13.1. The van der Waals surface area contributed by atoms with Gasteiger partial charge < -0.3 is 9.84 Å². The number of aliphatic hydroxyl groups is 1. The first-order valence-electron chi connectivity index (χ1n) is 5.74. The van der Waals surface area contributed by atoms with Crippen molar-refractivity contribution in [2.75, 3.05) is 0 Å². The van der Waals surface area contributed by atoms with E-state index in [9.17, 15) is 9.50 Å². The molecule has 2 aromatic rings. The summed E-state index contributed by atoms with van der Waals surface area (Å²) in [6.07, 6.45) is 0. The minimum Gasteiger partial charge on any atom is -0.457 e. The molecular weight excluding hydrogens is 231 g/mol. The zero-order valence-electron chi connectivity index (χ0n) is 10.4. The van der Waals surface area contributed by atoms with Crippen LogP contribution in [0.15, 0.2) is 36.4 Å². The lowest BCUT2D eigenvalue weighted by molar-refractivity contribution is 0.275. The maximum Gasteiger partial charge on any atom is 0.133 e. The Balaban J connectivity index is 2.33. The van der Waals surface area contributed by atoms with E-state index in [0.717, 1.165) is 11.1 Å². The van der Waals surface area contributed by atoms with Crippen LogP contribution in [-0.4, -0.2) is 5.11 Å². The highest BCUT2D eigenvalue weighted by atomic mass is 19.1. The van der Waals surface area contributed by atoms with Crippen molar-refractivity contribution < 1.29 is 14.2 Å². The van der Waals surface area contributed by atoms with Gasteiger partial charge in [-0.15, -0.1) is 0 Å². The van der Waals surface area contributed by atoms with Crippen LogP contribution in [0.1, 0.15) is 16.7 Å². The fourth-order valence-corrected chi connectivity index (χ4v) is 1.80. The van der Waals surface area contributed by atoms with Gasteiger partial charge in [0.05, 0.1) is 6.61 Å². The predicted octanol–water partition coefficient (Wildman–Crippen LogP) is 3.73. The second kappa shape index (κ2) is 5.19. The second-order valence-electron chi connectivity index (χ2n) is 4.28. The normalized spacial score (nSPS) is 10.4. The molecule has 0 unspecified atom stereocenters. The molecule has 3 heteroatoms. The number of benzene rings is 2. The summed E-state index contributed by atoms with van der Waals surface area (Å²) in [5.74, 6) is 0.805. The molecule has 0 amide bonds. The van der Waals surface area contributed by atoms with Gasteiger partial charge in [-0.05, 0) is 43.7 Å². The van der Waals surface area contributed by atoms with Crippen LogP contribution in [0.25, 0.3) is 0 Å². The lowest BCUT2D eigenvalue weighted by atomic mass is 10.1. The fraction of sp³-hybridized carbons (Fsp3) is 0.200. The molecule has 0 aliphatic carbocycles. The summed E-state index contributed by atoms with van der Waals surface area (Å²) >= 11 is 0. The number of aryl methyl sites for hydroxylation is 2. The maximum atomic E-state index is 13.0. The van der Waals surface area contributed by atoms with Crippen molar-refractivity contribution in [3.8, 4) is 11.5 Å². The molecule has 0 aromatic heterocycles. The quantitative estimate of drug-likeness (QED) is 0.894. The third kappa shape index (κ3) is 2.68. The molecule has 2 nitrogen and oxygen atoms in total. The number of aliphatic hydroxyl groups excluding tert-OH is 1. The topological polar surface area (TPSA) is 29.5 Å². The van der Waals surface area contributed by atoms with Crippen molar-refractivity contribution >= 4 is 0 Å². The second-order valence-corrected chi connectivity index (χ2v) is 4.28. The van der Waals surface area contributed by atoms with Crippen LogP contribution in [-0.2, 0) is 6.61 Å². The third-order valence-corrected chi connectivity index (χ3v) is 2.74. The molecule has 0 atom stereocenters. The molecule has 2 rings (SSSR count). The number of hydrogen-bond donors (Lipinski definition) is 1. The molecule has 0 aliphatic heterocycles. The Morgan fingerprint density at radius 3 is 2.44 bits per heavy atom. The van der Waals surface area contributed by atoms with Crippen molar-refractivity contribution in [2.24, 2.45) is 0 Å². The van der Waals surface area contributed by atoms with Crippen LogP contribution in [0.4, 0.5) is 4.39 Å². The largest absolute Gasteiger partial charge is 0.457 e. The number of ether oxygens (including phenoxy) is 1. The van der Waals surface area contributed by atoms with Crippen molar-refractivity contribution in [3.05, 3.63) is 58.9 Å². The Hall–Kier alpha value is -1.87. The molecular formula is C15H15FO2. The van der Waals surface area contributed by atoms with Crippen molar-refractivity contribution in [2.45, 2.75) is 20.5 Å². The highest BCUT2D eigenvalue weighted by molar-refractivity contribution is 5.42. The Bertz CT molecular complexity index is 564. The number of halogens is 1. The Morgan fingerprint density at radius 1 is 1.06 bits per heavy atom. The van der Waals surface area contributed by atoms with E-state index in [4.69, 9.17) is 4.74 Å². The summed E-state index contributed by atoms with van der Waals surface area (Å²) in [5.41, 5.74) is 2.60. The summed E-state index contributed by atoms with van der Waals surface area (Å²) in [6, 6.07) is 9.95. The molecule has 0 spiro atoms. The minimum absolute atomic E-state index is 0.252. The summed E-state index contributed by atoms with van der Waals surface area (Å²) in [5, 5.41) is 9.19. The molecule has 2 aromatic carbocycles. The van der Waals surface area contributed by atoms with Crippen molar-refractivity contribution in [3.63, 3.8) is 0 Å². The van der Waals surface area contributed by atoms with E-state index >= 15 is 0 Å². The van der Waals surface area contributed by atoms with E-state index in [0.29, 0.717) is 17.1 Å². The monoisotopic (exact) mass is 246 g/mol. The highest BCUT2D eigenvalue weighted by Gasteiger charge is 2.07. The average Bonchev–Trinajstić information content (AvgIpc) is 2.34. The van der Waals surface area contributed by atoms with Gasteiger partial charge in [0.15, 0.2) is 0 Å². The van der Waals surface area contributed by atoms with Gasteiger partial charge in [0.1, 0.15) is 17.3 Å². The Kier molecular flexibility index (Phi) is 3.63. The number of rotatable bonds is 3. The van der Waals surface area contributed by atoms with Crippen LogP contribution in [0, 0.1) is 19.7 Å². The molecule has 0 fully saturated rings. The summed E-state index contributed by atoms with van der Waals surface area (Å²) in [4.78, 5) is 0. The lowest BCUT2D eigenvalue weighted by Crippen LogP contribution is -1.94. The first-order valence-corrected chi connectivity index (χ1v) is 5.74. The fourth-order valence-electron chi connectivity index (χ4n) is 1.80. The van der Waals surface area contributed by atoms with E-state index < -0.39 is 0 Å². The molecule has 0 aliphatic rings. The summed E-state index contributed by atoms with van der Waals surface area (Å²) < 4.78 is 18.8. The molecule has 0 saturated carbocycles. The van der Waals surface area contributed by atoms with Gasteiger partial charge in [0, 0.05) is 5.56 Å². The highest BCUT2D eigenvalue weighted by Crippen LogP contribution is 2.28. The predicted molar refractivity (Wildman–Crippen MR) is 68.3 cm³/mol.